The second-order valence-electron chi connectivity index (χ2n) is 3.37. The van der Waals surface area contributed by atoms with E-state index >= 15 is 0 Å². The molecule has 0 atom stereocenters. The topological polar surface area (TPSA) is 38.3 Å². The number of carbonyl (C=O) groups excluding carboxylic acids is 1. The van der Waals surface area contributed by atoms with Crippen LogP contribution < -0.4 is 5.32 Å². The SMILES string of the molecule is COC(=O)NC1CC[C](C)CC1. The standard InChI is InChI=1S/C9H16NO2/c1-7-3-5-8(6-4-7)10-9(11)12-2/h8H,3-6H2,1-2H3,(H,10,11). The molecule has 3 nitrogen and oxygen atoms in total. The zero-order valence-corrected chi connectivity index (χ0v) is 7.72. The minimum atomic E-state index is -0.306. The third-order valence-corrected chi connectivity index (χ3v) is 2.35. The average molecular weight is 170 g/mol. The lowest BCUT2D eigenvalue weighted by Crippen LogP contribution is -2.36. The van der Waals surface area contributed by atoms with Crippen molar-refractivity contribution in [3.63, 3.8) is 0 Å². The van der Waals surface area contributed by atoms with Crippen molar-refractivity contribution in [2.45, 2.75) is 38.6 Å². The van der Waals surface area contributed by atoms with Gasteiger partial charge >= 0.3 is 6.09 Å². The quantitative estimate of drug-likeness (QED) is 0.652. The Balaban J connectivity index is 2.21. The second-order valence-corrected chi connectivity index (χ2v) is 3.37. The molecular formula is C9H16NO2. The van der Waals surface area contributed by atoms with Gasteiger partial charge in [-0.15, -0.1) is 0 Å². The molecule has 1 saturated carbocycles. The van der Waals surface area contributed by atoms with Crippen molar-refractivity contribution in [3.05, 3.63) is 5.92 Å². The van der Waals surface area contributed by atoms with Gasteiger partial charge in [0.25, 0.3) is 0 Å². The van der Waals surface area contributed by atoms with E-state index < -0.39 is 0 Å². The van der Waals surface area contributed by atoms with Crippen molar-refractivity contribution >= 4 is 6.09 Å². The molecule has 0 aromatic carbocycles. The average Bonchev–Trinajstić information content (AvgIpc) is 2.09. The molecule has 12 heavy (non-hydrogen) atoms. The molecule has 0 aromatic heterocycles. The number of ether oxygens (including phenoxy) is 1. The predicted octanol–water partition coefficient (Wildman–Crippen LogP) is 1.88. The normalized spacial score (nSPS) is 20.5. The zero-order chi connectivity index (χ0) is 8.97. The number of nitrogens with one attached hydrogen (secondary N) is 1. The van der Waals surface area contributed by atoms with Crippen LogP contribution in [0.1, 0.15) is 32.6 Å². The highest BCUT2D eigenvalue weighted by atomic mass is 16.5. The molecule has 1 aliphatic rings. The van der Waals surface area contributed by atoms with E-state index in [4.69, 9.17) is 0 Å². The van der Waals surface area contributed by atoms with E-state index in [-0.39, 0.29) is 6.09 Å². The van der Waals surface area contributed by atoms with Crippen molar-refractivity contribution in [1.82, 2.24) is 5.32 Å². The van der Waals surface area contributed by atoms with Gasteiger partial charge in [-0.3, -0.25) is 0 Å². The Morgan fingerprint density at radius 1 is 1.50 bits per heavy atom. The van der Waals surface area contributed by atoms with E-state index in [1.54, 1.807) is 0 Å². The third kappa shape index (κ3) is 2.72. The fourth-order valence-corrected chi connectivity index (χ4v) is 1.48. The van der Waals surface area contributed by atoms with Crippen LogP contribution in [0.15, 0.2) is 0 Å². The summed E-state index contributed by atoms with van der Waals surface area (Å²) >= 11 is 0. The first kappa shape index (κ1) is 9.36. The van der Waals surface area contributed by atoms with Crippen molar-refractivity contribution in [2.75, 3.05) is 7.11 Å². The van der Waals surface area contributed by atoms with Gasteiger partial charge in [0.05, 0.1) is 7.11 Å². The van der Waals surface area contributed by atoms with Crippen LogP contribution in [0.4, 0.5) is 4.79 Å². The maximum absolute atomic E-state index is 10.8. The third-order valence-electron chi connectivity index (χ3n) is 2.35. The second kappa shape index (κ2) is 4.33. The van der Waals surface area contributed by atoms with Crippen LogP contribution in [0.2, 0.25) is 0 Å². The molecule has 0 heterocycles. The molecular weight excluding hydrogens is 154 g/mol. The minimum absolute atomic E-state index is 0.306. The van der Waals surface area contributed by atoms with Gasteiger partial charge in [0.1, 0.15) is 0 Å². The molecule has 0 bridgehead atoms. The first-order valence-corrected chi connectivity index (χ1v) is 4.38. The Labute approximate surface area is 73.5 Å². The highest BCUT2D eigenvalue weighted by Crippen LogP contribution is 2.24. The summed E-state index contributed by atoms with van der Waals surface area (Å²) in [4.78, 5) is 10.8. The van der Waals surface area contributed by atoms with Crippen molar-refractivity contribution in [2.24, 2.45) is 0 Å². The Kier molecular flexibility index (Phi) is 3.38. The molecule has 0 spiro atoms. The van der Waals surface area contributed by atoms with Gasteiger partial charge in [0.15, 0.2) is 0 Å². The number of hydrogen-bond acceptors (Lipinski definition) is 2. The zero-order valence-electron chi connectivity index (χ0n) is 7.72. The van der Waals surface area contributed by atoms with Crippen LogP contribution in [-0.2, 0) is 4.74 Å². The first-order chi connectivity index (χ1) is 5.72. The summed E-state index contributed by atoms with van der Waals surface area (Å²) < 4.78 is 4.52. The predicted molar refractivity (Wildman–Crippen MR) is 46.7 cm³/mol. The van der Waals surface area contributed by atoms with Crippen molar-refractivity contribution in [1.29, 1.82) is 0 Å². The summed E-state index contributed by atoms with van der Waals surface area (Å²) in [6.07, 6.45) is 4.07. The number of carbonyl (C=O) groups is 1. The molecule has 1 N–H and O–H groups in total. The number of alkyl carbamates (subject to hydrolysis) is 1. The summed E-state index contributed by atoms with van der Waals surface area (Å²) in [7, 11) is 1.40. The van der Waals surface area contributed by atoms with Crippen LogP contribution in [0.5, 0.6) is 0 Å². The van der Waals surface area contributed by atoms with Gasteiger partial charge in [0, 0.05) is 6.04 Å². The first-order valence-electron chi connectivity index (χ1n) is 4.38. The number of rotatable bonds is 1. The number of hydrogen-bond donors (Lipinski definition) is 1. The van der Waals surface area contributed by atoms with E-state index in [9.17, 15) is 4.79 Å². The van der Waals surface area contributed by atoms with Gasteiger partial charge in [0.2, 0.25) is 0 Å². The van der Waals surface area contributed by atoms with E-state index in [0.717, 1.165) is 25.7 Å². The summed E-state index contributed by atoms with van der Waals surface area (Å²) in [6, 6.07) is 0.321. The van der Waals surface area contributed by atoms with Crippen molar-refractivity contribution in [3.8, 4) is 0 Å². The molecule has 0 aromatic rings. The number of methoxy groups -OCH3 is 1. The summed E-state index contributed by atoms with van der Waals surface area (Å²) in [5.41, 5.74) is 0. The van der Waals surface area contributed by atoms with Crippen LogP contribution in [-0.4, -0.2) is 19.2 Å². The maximum Gasteiger partial charge on any atom is 0.407 e. The Morgan fingerprint density at radius 3 is 2.58 bits per heavy atom. The lowest BCUT2D eigenvalue weighted by Gasteiger charge is -2.25. The van der Waals surface area contributed by atoms with Gasteiger partial charge in [-0.2, -0.15) is 0 Å². The lowest BCUT2D eigenvalue weighted by atomic mass is 9.87. The Bertz CT molecular complexity index is 151. The molecule has 0 aliphatic heterocycles. The Hall–Kier alpha value is -0.730. The fraction of sp³-hybridized carbons (Fsp3) is 0.778. The molecule has 1 radical (unpaired) electrons. The van der Waals surface area contributed by atoms with E-state index in [1.165, 1.54) is 13.0 Å². The summed E-state index contributed by atoms with van der Waals surface area (Å²) in [5.74, 6) is 1.54. The van der Waals surface area contributed by atoms with Crippen molar-refractivity contribution < 1.29 is 9.53 Å². The summed E-state index contributed by atoms with van der Waals surface area (Å²) in [5, 5.41) is 2.81. The lowest BCUT2D eigenvalue weighted by molar-refractivity contribution is 0.163. The maximum atomic E-state index is 10.8. The van der Waals surface area contributed by atoms with Gasteiger partial charge < -0.3 is 10.1 Å². The van der Waals surface area contributed by atoms with Crippen LogP contribution in [0.25, 0.3) is 0 Å². The smallest absolute Gasteiger partial charge is 0.407 e. The molecule has 0 unspecified atom stereocenters. The molecule has 1 rings (SSSR count). The highest BCUT2D eigenvalue weighted by molar-refractivity contribution is 5.67. The molecule has 0 saturated heterocycles. The van der Waals surface area contributed by atoms with Gasteiger partial charge in [-0.1, -0.05) is 6.92 Å². The molecule has 3 heteroatoms. The van der Waals surface area contributed by atoms with E-state index in [2.05, 4.69) is 17.0 Å². The molecule has 1 aliphatic carbocycles. The van der Waals surface area contributed by atoms with E-state index in [0.29, 0.717) is 6.04 Å². The highest BCUT2D eigenvalue weighted by Gasteiger charge is 2.19. The van der Waals surface area contributed by atoms with Crippen LogP contribution >= 0.6 is 0 Å². The molecule has 1 fully saturated rings. The number of amides is 1. The molecule has 1 amide bonds. The molecule has 69 valence electrons. The Morgan fingerprint density at radius 2 is 2.08 bits per heavy atom. The monoisotopic (exact) mass is 170 g/mol. The van der Waals surface area contributed by atoms with Gasteiger partial charge in [-0.25, -0.2) is 4.79 Å². The fourth-order valence-electron chi connectivity index (χ4n) is 1.48. The van der Waals surface area contributed by atoms with E-state index in [1.807, 2.05) is 0 Å². The van der Waals surface area contributed by atoms with Gasteiger partial charge in [-0.05, 0) is 31.6 Å². The largest absolute Gasteiger partial charge is 0.453 e. The van der Waals surface area contributed by atoms with Crippen LogP contribution in [0, 0.1) is 5.92 Å². The summed E-state index contributed by atoms with van der Waals surface area (Å²) in [6.45, 7) is 2.17. The van der Waals surface area contributed by atoms with Crippen LogP contribution in [0.3, 0.4) is 0 Å². The minimum Gasteiger partial charge on any atom is -0.453 e.